The standard InChI is InChI=1S/C16H20N6O2/c1-10-7-15(20-11(2)19-10)22-5-3-12(4-6-22)21-14-9-17-13(8-18-14)16(23)24/h7-9,12H,3-6H2,1-2H3,(H,18,21)(H,23,24). The van der Waals surface area contributed by atoms with Crippen molar-refractivity contribution in [2.75, 3.05) is 23.3 Å². The van der Waals surface area contributed by atoms with Gasteiger partial charge in [0.05, 0.1) is 12.4 Å². The number of hydrogen-bond acceptors (Lipinski definition) is 7. The minimum atomic E-state index is -1.07. The fraction of sp³-hybridized carbons (Fsp3) is 0.438. The normalized spacial score (nSPS) is 15.3. The zero-order chi connectivity index (χ0) is 17.1. The molecule has 0 bridgehead atoms. The number of hydrogen-bond donors (Lipinski definition) is 2. The minimum Gasteiger partial charge on any atom is -0.476 e. The molecule has 0 saturated carbocycles. The Balaban J connectivity index is 1.57. The van der Waals surface area contributed by atoms with Crippen molar-refractivity contribution in [2.45, 2.75) is 32.7 Å². The van der Waals surface area contributed by atoms with Crippen molar-refractivity contribution >= 4 is 17.6 Å². The predicted octanol–water partition coefficient (Wildman–Crippen LogP) is 1.66. The molecule has 1 aliphatic rings. The maximum absolute atomic E-state index is 10.8. The molecule has 3 heterocycles. The Hall–Kier alpha value is -2.77. The summed E-state index contributed by atoms with van der Waals surface area (Å²) in [6.45, 7) is 5.68. The lowest BCUT2D eigenvalue weighted by Gasteiger charge is -2.33. The zero-order valence-corrected chi connectivity index (χ0v) is 13.7. The molecule has 1 saturated heterocycles. The van der Waals surface area contributed by atoms with Crippen molar-refractivity contribution in [1.82, 2.24) is 19.9 Å². The van der Waals surface area contributed by atoms with E-state index in [1.807, 2.05) is 19.9 Å². The zero-order valence-electron chi connectivity index (χ0n) is 13.7. The van der Waals surface area contributed by atoms with E-state index in [4.69, 9.17) is 5.11 Å². The quantitative estimate of drug-likeness (QED) is 0.873. The monoisotopic (exact) mass is 328 g/mol. The molecule has 2 aromatic heterocycles. The number of carbonyl (C=O) groups is 1. The lowest BCUT2D eigenvalue weighted by Crippen LogP contribution is -2.39. The van der Waals surface area contributed by atoms with E-state index in [0.29, 0.717) is 5.82 Å². The Morgan fingerprint density at radius 1 is 1.21 bits per heavy atom. The molecule has 0 spiro atoms. The van der Waals surface area contributed by atoms with Crippen molar-refractivity contribution in [3.05, 3.63) is 35.7 Å². The number of anilines is 2. The largest absolute Gasteiger partial charge is 0.476 e. The maximum atomic E-state index is 10.8. The lowest BCUT2D eigenvalue weighted by atomic mass is 10.1. The molecule has 8 heteroatoms. The summed E-state index contributed by atoms with van der Waals surface area (Å²) in [7, 11) is 0. The van der Waals surface area contributed by atoms with Gasteiger partial charge in [-0.2, -0.15) is 0 Å². The molecule has 0 aromatic carbocycles. The Labute approximate surface area is 140 Å². The highest BCUT2D eigenvalue weighted by molar-refractivity contribution is 5.84. The van der Waals surface area contributed by atoms with Crippen LogP contribution in [0.3, 0.4) is 0 Å². The van der Waals surface area contributed by atoms with Crippen LogP contribution < -0.4 is 10.2 Å². The first-order valence-electron chi connectivity index (χ1n) is 7.90. The molecule has 0 atom stereocenters. The minimum absolute atomic E-state index is 0.0510. The van der Waals surface area contributed by atoms with Gasteiger partial charge in [-0.15, -0.1) is 0 Å². The topological polar surface area (TPSA) is 104 Å². The highest BCUT2D eigenvalue weighted by Crippen LogP contribution is 2.20. The summed E-state index contributed by atoms with van der Waals surface area (Å²) in [5.41, 5.74) is 0.927. The Morgan fingerprint density at radius 3 is 2.54 bits per heavy atom. The summed E-state index contributed by atoms with van der Waals surface area (Å²) >= 11 is 0. The van der Waals surface area contributed by atoms with Crippen LogP contribution in [0.4, 0.5) is 11.6 Å². The maximum Gasteiger partial charge on any atom is 0.356 e. The average molecular weight is 328 g/mol. The molecule has 126 valence electrons. The number of carboxylic acid groups (broad SMARTS) is 1. The van der Waals surface area contributed by atoms with Crippen molar-refractivity contribution in [2.24, 2.45) is 0 Å². The summed E-state index contributed by atoms with van der Waals surface area (Å²) in [6.07, 6.45) is 4.63. The van der Waals surface area contributed by atoms with Crippen LogP contribution >= 0.6 is 0 Å². The number of aromatic carboxylic acids is 1. The van der Waals surface area contributed by atoms with Crippen LogP contribution in [-0.2, 0) is 0 Å². The Kier molecular flexibility index (Phi) is 4.54. The molecule has 2 aromatic rings. The summed E-state index contributed by atoms with van der Waals surface area (Å²) in [5, 5.41) is 12.2. The van der Waals surface area contributed by atoms with E-state index < -0.39 is 5.97 Å². The summed E-state index contributed by atoms with van der Waals surface area (Å²) in [6, 6.07) is 2.30. The van der Waals surface area contributed by atoms with Gasteiger partial charge in [0, 0.05) is 30.9 Å². The molecule has 2 N–H and O–H groups in total. The molecule has 3 rings (SSSR count). The molecule has 0 radical (unpaired) electrons. The average Bonchev–Trinajstić information content (AvgIpc) is 2.55. The molecule has 8 nitrogen and oxygen atoms in total. The fourth-order valence-electron chi connectivity index (χ4n) is 2.83. The SMILES string of the molecule is Cc1cc(N2CCC(Nc3cnc(C(=O)O)cn3)CC2)nc(C)n1. The van der Waals surface area contributed by atoms with Crippen molar-refractivity contribution in [1.29, 1.82) is 0 Å². The summed E-state index contributed by atoms with van der Waals surface area (Å²) in [4.78, 5) is 29.8. The van der Waals surface area contributed by atoms with E-state index >= 15 is 0 Å². The molecule has 0 aliphatic carbocycles. The molecular formula is C16H20N6O2. The van der Waals surface area contributed by atoms with Gasteiger partial charge in [-0.3, -0.25) is 0 Å². The van der Waals surface area contributed by atoms with Crippen LogP contribution in [0.15, 0.2) is 18.5 Å². The van der Waals surface area contributed by atoms with E-state index in [9.17, 15) is 4.79 Å². The predicted molar refractivity (Wildman–Crippen MR) is 89.4 cm³/mol. The second-order valence-electron chi connectivity index (χ2n) is 5.91. The van der Waals surface area contributed by atoms with E-state index in [1.54, 1.807) is 0 Å². The smallest absolute Gasteiger partial charge is 0.356 e. The first-order chi connectivity index (χ1) is 11.5. The first kappa shape index (κ1) is 16.1. The molecule has 24 heavy (non-hydrogen) atoms. The Bertz CT molecular complexity index is 706. The molecule has 1 fully saturated rings. The number of rotatable bonds is 4. The number of aryl methyl sites for hydroxylation is 2. The van der Waals surface area contributed by atoms with Gasteiger partial charge in [-0.05, 0) is 26.7 Å². The van der Waals surface area contributed by atoms with Crippen molar-refractivity contribution in [3.63, 3.8) is 0 Å². The van der Waals surface area contributed by atoms with Gasteiger partial charge in [0.25, 0.3) is 0 Å². The summed E-state index contributed by atoms with van der Waals surface area (Å²) in [5.74, 6) is 1.30. The molecular weight excluding hydrogens is 308 g/mol. The lowest BCUT2D eigenvalue weighted by molar-refractivity contribution is 0.0690. The highest BCUT2D eigenvalue weighted by atomic mass is 16.4. The van der Waals surface area contributed by atoms with Crippen LogP contribution in [-0.4, -0.2) is 50.1 Å². The van der Waals surface area contributed by atoms with Crippen molar-refractivity contribution in [3.8, 4) is 0 Å². The molecule has 1 aliphatic heterocycles. The fourth-order valence-corrected chi connectivity index (χ4v) is 2.83. The second-order valence-corrected chi connectivity index (χ2v) is 5.91. The highest BCUT2D eigenvalue weighted by Gasteiger charge is 2.21. The second kappa shape index (κ2) is 6.77. The van der Waals surface area contributed by atoms with Crippen LogP contribution in [0.5, 0.6) is 0 Å². The van der Waals surface area contributed by atoms with Crippen LogP contribution in [0.25, 0.3) is 0 Å². The third-order valence-corrected chi connectivity index (χ3v) is 3.99. The van der Waals surface area contributed by atoms with E-state index in [2.05, 4.69) is 30.2 Å². The van der Waals surface area contributed by atoms with Gasteiger partial charge < -0.3 is 15.3 Å². The van der Waals surface area contributed by atoms with Crippen molar-refractivity contribution < 1.29 is 9.90 Å². The van der Waals surface area contributed by atoms with Gasteiger partial charge in [0.1, 0.15) is 17.5 Å². The third-order valence-electron chi connectivity index (χ3n) is 3.99. The van der Waals surface area contributed by atoms with Gasteiger partial charge in [-0.1, -0.05) is 0 Å². The molecule has 0 amide bonds. The third kappa shape index (κ3) is 3.76. The first-order valence-corrected chi connectivity index (χ1v) is 7.90. The number of nitrogens with one attached hydrogen (secondary N) is 1. The van der Waals surface area contributed by atoms with E-state index in [1.165, 1.54) is 12.4 Å². The van der Waals surface area contributed by atoms with Gasteiger partial charge in [0.15, 0.2) is 5.69 Å². The Morgan fingerprint density at radius 2 is 1.96 bits per heavy atom. The number of carboxylic acids is 1. The summed E-state index contributed by atoms with van der Waals surface area (Å²) < 4.78 is 0. The van der Waals surface area contributed by atoms with Gasteiger partial charge in [0.2, 0.25) is 0 Å². The van der Waals surface area contributed by atoms with Crippen LogP contribution in [0.2, 0.25) is 0 Å². The van der Waals surface area contributed by atoms with Crippen LogP contribution in [0.1, 0.15) is 34.8 Å². The van der Waals surface area contributed by atoms with E-state index in [0.717, 1.165) is 43.3 Å². The number of nitrogens with zero attached hydrogens (tertiary/aromatic N) is 5. The van der Waals surface area contributed by atoms with E-state index in [-0.39, 0.29) is 11.7 Å². The van der Waals surface area contributed by atoms with Gasteiger partial charge in [-0.25, -0.2) is 24.7 Å². The molecule has 0 unspecified atom stereocenters. The number of piperidine rings is 1. The number of aromatic nitrogens is 4. The van der Waals surface area contributed by atoms with Crippen LogP contribution in [0, 0.1) is 13.8 Å². The van der Waals surface area contributed by atoms with Gasteiger partial charge >= 0.3 is 5.97 Å².